The van der Waals surface area contributed by atoms with Gasteiger partial charge in [-0.15, -0.1) is 0 Å². The molecule has 20 heavy (non-hydrogen) atoms. The van der Waals surface area contributed by atoms with Crippen LogP contribution in [-0.2, 0) is 22.3 Å². The van der Waals surface area contributed by atoms with E-state index in [-0.39, 0.29) is 18.6 Å². The molecule has 0 bridgehead atoms. The molecule has 4 nitrogen and oxygen atoms in total. The van der Waals surface area contributed by atoms with Crippen LogP contribution in [0.1, 0.15) is 16.8 Å². The summed E-state index contributed by atoms with van der Waals surface area (Å²) in [5.41, 5.74) is 0.456. The van der Waals surface area contributed by atoms with Crippen LogP contribution in [-0.4, -0.2) is 16.0 Å². The summed E-state index contributed by atoms with van der Waals surface area (Å²) in [6.45, 7) is 1.72. The highest BCUT2D eigenvalue weighted by molar-refractivity contribution is 5.43. The Bertz CT molecular complexity index is 620. The van der Waals surface area contributed by atoms with Crippen LogP contribution in [0.2, 0.25) is 0 Å². The van der Waals surface area contributed by atoms with E-state index in [1.807, 2.05) is 0 Å². The van der Waals surface area contributed by atoms with E-state index >= 15 is 0 Å². The SMILES string of the molecule is Cc1cn(-c2cc(COC=O)cc(C(F)(F)F)c2)cn1. The van der Waals surface area contributed by atoms with Gasteiger partial charge in [-0.2, -0.15) is 13.2 Å². The quantitative estimate of drug-likeness (QED) is 0.811. The minimum absolute atomic E-state index is 0.196. The summed E-state index contributed by atoms with van der Waals surface area (Å²) in [4.78, 5) is 14.1. The molecule has 0 spiro atoms. The Labute approximate surface area is 112 Å². The largest absolute Gasteiger partial charge is 0.463 e. The van der Waals surface area contributed by atoms with E-state index in [9.17, 15) is 18.0 Å². The number of nitrogens with zero attached hydrogens (tertiary/aromatic N) is 2. The fraction of sp³-hybridized carbons (Fsp3) is 0.231. The summed E-state index contributed by atoms with van der Waals surface area (Å²) in [6.07, 6.45) is -1.43. The van der Waals surface area contributed by atoms with Crippen molar-refractivity contribution in [1.29, 1.82) is 0 Å². The second-order valence-corrected chi connectivity index (χ2v) is 4.22. The molecule has 1 heterocycles. The highest BCUT2D eigenvalue weighted by Crippen LogP contribution is 2.31. The molecule has 7 heteroatoms. The van der Waals surface area contributed by atoms with Crippen molar-refractivity contribution >= 4 is 6.47 Å². The van der Waals surface area contributed by atoms with Gasteiger partial charge in [0.05, 0.1) is 17.6 Å². The molecule has 0 atom stereocenters. The van der Waals surface area contributed by atoms with Gasteiger partial charge in [-0.3, -0.25) is 4.79 Å². The van der Waals surface area contributed by atoms with Gasteiger partial charge in [0, 0.05) is 11.9 Å². The van der Waals surface area contributed by atoms with E-state index in [2.05, 4.69) is 9.72 Å². The Morgan fingerprint density at radius 3 is 2.65 bits per heavy atom. The molecule has 0 fully saturated rings. The van der Waals surface area contributed by atoms with Crippen LogP contribution in [0.3, 0.4) is 0 Å². The van der Waals surface area contributed by atoms with Crippen LogP contribution in [0.25, 0.3) is 5.69 Å². The Balaban J connectivity index is 2.47. The molecular weight excluding hydrogens is 273 g/mol. The van der Waals surface area contributed by atoms with E-state index in [0.29, 0.717) is 11.4 Å². The first kappa shape index (κ1) is 14.1. The van der Waals surface area contributed by atoms with E-state index in [1.165, 1.54) is 17.0 Å². The zero-order valence-electron chi connectivity index (χ0n) is 10.5. The first-order chi connectivity index (χ1) is 9.40. The molecule has 0 aliphatic rings. The molecule has 0 aliphatic heterocycles. The second kappa shape index (κ2) is 5.36. The van der Waals surface area contributed by atoms with E-state index in [0.717, 1.165) is 12.1 Å². The molecule has 2 aromatic rings. The number of alkyl halides is 3. The lowest BCUT2D eigenvalue weighted by Gasteiger charge is -2.12. The van der Waals surface area contributed by atoms with Crippen molar-refractivity contribution in [2.45, 2.75) is 19.7 Å². The molecule has 0 N–H and O–H groups in total. The molecule has 0 saturated heterocycles. The third kappa shape index (κ3) is 3.17. The Kier molecular flexibility index (Phi) is 3.78. The first-order valence-corrected chi connectivity index (χ1v) is 5.67. The second-order valence-electron chi connectivity index (χ2n) is 4.22. The zero-order chi connectivity index (χ0) is 14.8. The smallest absolute Gasteiger partial charge is 0.416 e. The van der Waals surface area contributed by atoms with Crippen LogP contribution >= 0.6 is 0 Å². The molecule has 2 rings (SSSR count). The lowest BCUT2D eigenvalue weighted by atomic mass is 10.1. The maximum absolute atomic E-state index is 12.9. The Morgan fingerprint density at radius 2 is 2.10 bits per heavy atom. The summed E-state index contributed by atoms with van der Waals surface area (Å²) in [7, 11) is 0. The molecule has 106 valence electrons. The number of hydrogen-bond acceptors (Lipinski definition) is 3. The van der Waals surface area contributed by atoms with Gasteiger partial charge in [-0.1, -0.05) is 0 Å². The van der Waals surface area contributed by atoms with Crippen molar-refractivity contribution in [1.82, 2.24) is 9.55 Å². The van der Waals surface area contributed by atoms with Gasteiger partial charge in [0.25, 0.3) is 6.47 Å². The van der Waals surface area contributed by atoms with Crippen LogP contribution in [0, 0.1) is 6.92 Å². The van der Waals surface area contributed by atoms with Gasteiger partial charge in [-0.05, 0) is 30.7 Å². The van der Waals surface area contributed by atoms with Crippen molar-refractivity contribution < 1.29 is 22.7 Å². The Morgan fingerprint density at radius 1 is 1.35 bits per heavy atom. The maximum atomic E-state index is 12.9. The third-order valence-corrected chi connectivity index (χ3v) is 2.63. The van der Waals surface area contributed by atoms with E-state index in [1.54, 1.807) is 13.1 Å². The van der Waals surface area contributed by atoms with Crippen molar-refractivity contribution in [3.8, 4) is 5.69 Å². The first-order valence-electron chi connectivity index (χ1n) is 5.67. The standard InChI is InChI=1S/C13H11F3N2O2/c1-9-5-18(7-17-9)12-3-10(6-20-8-19)2-11(4-12)13(14,15)16/h2-5,7-8H,6H2,1H3. The summed E-state index contributed by atoms with van der Waals surface area (Å²) in [6, 6.07) is 3.49. The zero-order valence-corrected chi connectivity index (χ0v) is 10.5. The number of aryl methyl sites for hydroxylation is 1. The topological polar surface area (TPSA) is 44.1 Å². The summed E-state index contributed by atoms with van der Waals surface area (Å²) < 4.78 is 44.6. The minimum atomic E-state index is -4.47. The van der Waals surface area contributed by atoms with E-state index < -0.39 is 11.7 Å². The summed E-state index contributed by atoms with van der Waals surface area (Å²) >= 11 is 0. The van der Waals surface area contributed by atoms with Crippen LogP contribution < -0.4 is 0 Å². The van der Waals surface area contributed by atoms with Crippen LogP contribution in [0.5, 0.6) is 0 Å². The summed E-state index contributed by atoms with van der Waals surface area (Å²) in [5.74, 6) is 0. The van der Waals surface area contributed by atoms with Crippen LogP contribution in [0.15, 0.2) is 30.7 Å². The predicted octanol–water partition coefficient (Wildman–Crippen LogP) is 2.87. The third-order valence-electron chi connectivity index (χ3n) is 2.63. The molecule has 0 saturated carbocycles. The average Bonchev–Trinajstić information content (AvgIpc) is 2.82. The molecule has 1 aromatic carbocycles. The number of hydrogen-bond donors (Lipinski definition) is 0. The summed E-state index contributed by atoms with van der Waals surface area (Å²) in [5, 5.41) is 0. The predicted molar refractivity (Wildman–Crippen MR) is 64.2 cm³/mol. The number of ether oxygens (including phenoxy) is 1. The molecule has 0 aliphatic carbocycles. The minimum Gasteiger partial charge on any atom is -0.463 e. The number of aromatic nitrogens is 2. The molecule has 0 amide bonds. The monoisotopic (exact) mass is 284 g/mol. The lowest BCUT2D eigenvalue weighted by molar-refractivity contribution is -0.137. The van der Waals surface area contributed by atoms with Gasteiger partial charge in [0.1, 0.15) is 6.61 Å². The fourth-order valence-corrected chi connectivity index (χ4v) is 1.76. The molecule has 0 unspecified atom stereocenters. The van der Waals surface area contributed by atoms with Gasteiger partial charge >= 0.3 is 6.18 Å². The highest BCUT2D eigenvalue weighted by atomic mass is 19.4. The normalized spacial score (nSPS) is 11.4. The van der Waals surface area contributed by atoms with Gasteiger partial charge in [0.15, 0.2) is 0 Å². The van der Waals surface area contributed by atoms with Crippen molar-refractivity contribution in [3.63, 3.8) is 0 Å². The van der Waals surface area contributed by atoms with Gasteiger partial charge in [0.2, 0.25) is 0 Å². The molecule has 0 radical (unpaired) electrons. The number of carbonyl (C=O) groups is 1. The molecular formula is C13H11F3N2O2. The Hall–Kier alpha value is -2.31. The van der Waals surface area contributed by atoms with Crippen molar-refractivity contribution in [2.24, 2.45) is 0 Å². The van der Waals surface area contributed by atoms with Gasteiger partial charge in [-0.25, -0.2) is 4.98 Å². The lowest BCUT2D eigenvalue weighted by Crippen LogP contribution is -2.08. The van der Waals surface area contributed by atoms with E-state index in [4.69, 9.17) is 0 Å². The number of imidazole rings is 1. The number of halogens is 3. The number of rotatable bonds is 4. The number of benzene rings is 1. The number of carbonyl (C=O) groups excluding carboxylic acids is 1. The van der Waals surface area contributed by atoms with Crippen molar-refractivity contribution in [2.75, 3.05) is 0 Å². The van der Waals surface area contributed by atoms with Crippen molar-refractivity contribution in [3.05, 3.63) is 47.5 Å². The average molecular weight is 284 g/mol. The van der Waals surface area contributed by atoms with Gasteiger partial charge < -0.3 is 9.30 Å². The highest BCUT2D eigenvalue weighted by Gasteiger charge is 2.31. The van der Waals surface area contributed by atoms with Crippen LogP contribution in [0.4, 0.5) is 13.2 Å². The fourth-order valence-electron chi connectivity index (χ4n) is 1.76. The molecule has 1 aromatic heterocycles. The maximum Gasteiger partial charge on any atom is 0.416 e.